The van der Waals surface area contributed by atoms with Crippen LogP contribution in [0.3, 0.4) is 0 Å². The molecule has 0 aromatic heterocycles. The Morgan fingerprint density at radius 1 is 1.16 bits per heavy atom. The fourth-order valence-corrected chi connectivity index (χ4v) is 1.96. The van der Waals surface area contributed by atoms with Crippen LogP contribution in [-0.2, 0) is 11.2 Å². The molecule has 1 amide bonds. The minimum Gasteiger partial charge on any atom is -0.395 e. The summed E-state index contributed by atoms with van der Waals surface area (Å²) in [5, 5.41) is 9.09. The smallest absolute Gasteiger partial charge is 0.223 e. The van der Waals surface area contributed by atoms with E-state index < -0.39 is 0 Å². The lowest BCUT2D eigenvalue weighted by atomic mass is 9.91. The van der Waals surface area contributed by atoms with Gasteiger partial charge in [-0.1, -0.05) is 51.1 Å². The zero-order valence-corrected chi connectivity index (χ0v) is 12.2. The molecule has 0 radical (unpaired) electrons. The highest BCUT2D eigenvalue weighted by Gasteiger charge is 2.20. The maximum absolute atomic E-state index is 12.2. The first-order chi connectivity index (χ1) is 8.92. The zero-order valence-electron chi connectivity index (χ0n) is 12.2. The molecule has 0 unspecified atom stereocenters. The van der Waals surface area contributed by atoms with Gasteiger partial charge in [-0.05, 0) is 17.4 Å². The number of carbonyl (C=O) groups excluding carboxylic acids is 1. The summed E-state index contributed by atoms with van der Waals surface area (Å²) in [5.74, 6) is 0.123. The largest absolute Gasteiger partial charge is 0.395 e. The summed E-state index contributed by atoms with van der Waals surface area (Å²) in [6.45, 7) is 7.27. The molecule has 1 aromatic carbocycles. The average Bonchev–Trinajstić information content (AvgIpc) is 2.33. The predicted octanol–water partition coefficient (Wildman–Crippen LogP) is 2.49. The van der Waals surface area contributed by atoms with Gasteiger partial charge in [0.2, 0.25) is 5.91 Å². The van der Waals surface area contributed by atoms with Crippen LogP contribution >= 0.6 is 0 Å². The first-order valence-electron chi connectivity index (χ1n) is 6.85. The summed E-state index contributed by atoms with van der Waals surface area (Å²) in [6.07, 6.45) is 1.35. The zero-order chi connectivity index (χ0) is 14.3. The second kappa shape index (κ2) is 7.29. The van der Waals surface area contributed by atoms with Crippen molar-refractivity contribution in [1.82, 2.24) is 4.90 Å². The summed E-state index contributed by atoms with van der Waals surface area (Å²) in [4.78, 5) is 13.9. The van der Waals surface area contributed by atoms with E-state index in [0.717, 1.165) is 6.42 Å². The molecule has 1 aromatic rings. The molecule has 0 fully saturated rings. The number of hydrogen-bond acceptors (Lipinski definition) is 2. The van der Waals surface area contributed by atoms with Gasteiger partial charge in [-0.3, -0.25) is 4.79 Å². The molecule has 0 aliphatic heterocycles. The molecule has 0 saturated heterocycles. The van der Waals surface area contributed by atoms with E-state index in [0.29, 0.717) is 19.5 Å². The minimum absolute atomic E-state index is 0.0163. The van der Waals surface area contributed by atoms with Crippen LogP contribution in [0.15, 0.2) is 30.3 Å². The third-order valence-electron chi connectivity index (χ3n) is 2.92. The summed E-state index contributed by atoms with van der Waals surface area (Å²) >= 11 is 0. The van der Waals surface area contributed by atoms with Crippen LogP contribution in [0.2, 0.25) is 0 Å². The van der Waals surface area contributed by atoms with Crippen molar-refractivity contribution in [2.24, 2.45) is 5.41 Å². The standard InChI is InChI=1S/C16H25NO2/c1-16(2,3)13-15(19)17(11-12-18)10-9-14-7-5-4-6-8-14/h4-8,18H,9-13H2,1-3H3. The fourth-order valence-electron chi connectivity index (χ4n) is 1.96. The molecule has 3 heteroatoms. The van der Waals surface area contributed by atoms with Gasteiger partial charge in [-0.25, -0.2) is 0 Å². The Morgan fingerprint density at radius 3 is 2.32 bits per heavy atom. The number of rotatable bonds is 6. The van der Waals surface area contributed by atoms with Gasteiger partial charge < -0.3 is 10.0 Å². The summed E-state index contributed by atoms with van der Waals surface area (Å²) in [6, 6.07) is 10.1. The van der Waals surface area contributed by atoms with E-state index >= 15 is 0 Å². The normalized spacial score (nSPS) is 11.4. The monoisotopic (exact) mass is 263 g/mol. The van der Waals surface area contributed by atoms with Gasteiger partial charge in [-0.15, -0.1) is 0 Å². The average molecular weight is 263 g/mol. The third kappa shape index (κ3) is 6.39. The number of hydrogen-bond donors (Lipinski definition) is 1. The van der Waals surface area contributed by atoms with Crippen molar-refractivity contribution >= 4 is 5.91 Å². The Morgan fingerprint density at radius 2 is 1.79 bits per heavy atom. The lowest BCUT2D eigenvalue weighted by Gasteiger charge is -2.26. The highest BCUT2D eigenvalue weighted by atomic mass is 16.3. The van der Waals surface area contributed by atoms with Gasteiger partial charge in [0, 0.05) is 19.5 Å². The molecule has 0 aliphatic rings. The SMILES string of the molecule is CC(C)(C)CC(=O)N(CCO)CCc1ccccc1. The van der Waals surface area contributed by atoms with Crippen LogP contribution in [0.25, 0.3) is 0 Å². The van der Waals surface area contributed by atoms with Crippen molar-refractivity contribution in [3.8, 4) is 0 Å². The van der Waals surface area contributed by atoms with E-state index in [4.69, 9.17) is 5.11 Å². The molecule has 1 rings (SSSR count). The van der Waals surface area contributed by atoms with Crippen molar-refractivity contribution < 1.29 is 9.90 Å². The van der Waals surface area contributed by atoms with Crippen molar-refractivity contribution in [3.63, 3.8) is 0 Å². The number of amides is 1. The van der Waals surface area contributed by atoms with Gasteiger partial charge in [0.1, 0.15) is 0 Å². The molecule has 0 bridgehead atoms. The minimum atomic E-state index is -0.0163. The molecule has 0 spiro atoms. The summed E-state index contributed by atoms with van der Waals surface area (Å²) < 4.78 is 0. The fraction of sp³-hybridized carbons (Fsp3) is 0.562. The van der Waals surface area contributed by atoms with Gasteiger partial charge in [-0.2, -0.15) is 0 Å². The Bertz CT molecular complexity index is 381. The second-order valence-corrected chi connectivity index (χ2v) is 6.08. The van der Waals surface area contributed by atoms with E-state index in [1.54, 1.807) is 4.90 Å². The molecule has 0 saturated carbocycles. The quantitative estimate of drug-likeness (QED) is 0.856. The molecule has 0 atom stereocenters. The molecule has 106 valence electrons. The Labute approximate surface area is 116 Å². The molecule has 19 heavy (non-hydrogen) atoms. The van der Waals surface area contributed by atoms with Crippen LogP contribution < -0.4 is 0 Å². The predicted molar refractivity (Wildman–Crippen MR) is 77.9 cm³/mol. The van der Waals surface area contributed by atoms with Crippen LogP contribution in [0.1, 0.15) is 32.8 Å². The van der Waals surface area contributed by atoms with Gasteiger partial charge in [0.25, 0.3) is 0 Å². The van der Waals surface area contributed by atoms with Gasteiger partial charge >= 0.3 is 0 Å². The molecular weight excluding hydrogens is 238 g/mol. The van der Waals surface area contributed by atoms with Gasteiger partial charge in [0.05, 0.1) is 6.61 Å². The van der Waals surface area contributed by atoms with Crippen molar-refractivity contribution in [1.29, 1.82) is 0 Å². The lowest BCUT2D eigenvalue weighted by molar-refractivity contribution is -0.133. The highest BCUT2D eigenvalue weighted by Crippen LogP contribution is 2.19. The number of nitrogens with zero attached hydrogens (tertiary/aromatic N) is 1. The Kier molecular flexibility index (Phi) is 6.03. The molecular formula is C16H25NO2. The molecule has 1 N–H and O–H groups in total. The number of aliphatic hydroxyl groups excluding tert-OH is 1. The van der Waals surface area contributed by atoms with E-state index in [1.165, 1.54) is 5.56 Å². The Hall–Kier alpha value is -1.35. The first kappa shape index (κ1) is 15.7. The van der Waals surface area contributed by atoms with Crippen molar-refractivity contribution in [2.75, 3.05) is 19.7 Å². The Balaban J connectivity index is 2.55. The highest BCUT2D eigenvalue weighted by molar-refractivity contribution is 5.76. The first-order valence-corrected chi connectivity index (χ1v) is 6.85. The van der Waals surface area contributed by atoms with Crippen molar-refractivity contribution in [3.05, 3.63) is 35.9 Å². The van der Waals surface area contributed by atoms with E-state index in [2.05, 4.69) is 32.9 Å². The summed E-state index contributed by atoms with van der Waals surface area (Å²) in [7, 11) is 0. The second-order valence-electron chi connectivity index (χ2n) is 6.08. The van der Waals surface area contributed by atoms with E-state index in [-0.39, 0.29) is 17.9 Å². The van der Waals surface area contributed by atoms with E-state index in [1.807, 2.05) is 18.2 Å². The number of benzene rings is 1. The summed E-state index contributed by atoms with van der Waals surface area (Å²) in [5.41, 5.74) is 1.20. The van der Waals surface area contributed by atoms with Crippen molar-refractivity contribution in [2.45, 2.75) is 33.6 Å². The molecule has 3 nitrogen and oxygen atoms in total. The van der Waals surface area contributed by atoms with Gasteiger partial charge in [0.15, 0.2) is 0 Å². The molecule has 0 aliphatic carbocycles. The van der Waals surface area contributed by atoms with Crippen LogP contribution in [0.4, 0.5) is 0 Å². The number of carbonyl (C=O) groups is 1. The topological polar surface area (TPSA) is 40.5 Å². The van der Waals surface area contributed by atoms with E-state index in [9.17, 15) is 4.79 Å². The maximum atomic E-state index is 12.2. The van der Waals surface area contributed by atoms with Crippen LogP contribution in [0.5, 0.6) is 0 Å². The lowest BCUT2D eigenvalue weighted by Crippen LogP contribution is -2.37. The van der Waals surface area contributed by atoms with Crippen LogP contribution in [0, 0.1) is 5.41 Å². The molecule has 0 heterocycles. The third-order valence-corrected chi connectivity index (χ3v) is 2.92. The maximum Gasteiger partial charge on any atom is 0.223 e. The number of aliphatic hydroxyl groups is 1. The van der Waals surface area contributed by atoms with Crippen LogP contribution in [-0.4, -0.2) is 35.6 Å².